The number of fused-ring (bicyclic) bond motifs is 1. The molecule has 29 heavy (non-hydrogen) atoms. The van der Waals surface area contributed by atoms with E-state index in [4.69, 9.17) is 34.8 Å². The Morgan fingerprint density at radius 3 is 2.72 bits per heavy atom. The number of benzene rings is 2. The van der Waals surface area contributed by atoms with Gasteiger partial charge in [0.05, 0.1) is 15.6 Å². The first-order valence-electron chi connectivity index (χ1n) is 8.66. The molecular weight excluding hydrogens is 474 g/mol. The third-order valence-electron chi connectivity index (χ3n) is 4.73. The summed E-state index contributed by atoms with van der Waals surface area (Å²) in [4.78, 5) is 6.53. The highest BCUT2D eigenvalue weighted by Gasteiger charge is 2.37. The first-order chi connectivity index (χ1) is 13.7. The molecule has 0 amide bonds. The third kappa shape index (κ3) is 4.30. The van der Waals surface area contributed by atoms with Gasteiger partial charge in [-0.3, -0.25) is 0 Å². The summed E-state index contributed by atoms with van der Waals surface area (Å²) in [5.41, 5.74) is 2.57. The Morgan fingerprint density at radius 2 is 2.00 bits per heavy atom. The second-order valence-corrected chi connectivity index (χ2v) is 10.2. The summed E-state index contributed by atoms with van der Waals surface area (Å²) in [6.45, 7) is 5.46. The van der Waals surface area contributed by atoms with E-state index >= 15 is 0 Å². The lowest BCUT2D eigenvalue weighted by molar-refractivity contribution is 0.548. The summed E-state index contributed by atoms with van der Waals surface area (Å²) in [6, 6.07) is 6.78. The first-order valence-corrected chi connectivity index (χ1v) is 11.4. The van der Waals surface area contributed by atoms with E-state index in [1.54, 1.807) is 12.1 Å². The van der Waals surface area contributed by atoms with Crippen LogP contribution in [0, 0.1) is 5.82 Å². The van der Waals surface area contributed by atoms with Crippen LogP contribution in [0.3, 0.4) is 0 Å². The van der Waals surface area contributed by atoms with Crippen LogP contribution in [-0.4, -0.2) is 15.9 Å². The average Bonchev–Trinajstić information content (AvgIpc) is 3.23. The van der Waals surface area contributed by atoms with Gasteiger partial charge >= 0.3 is 0 Å². The Labute approximate surface area is 191 Å². The zero-order valence-corrected chi connectivity index (χ0v) is 19.4. The van der Waals surface area contributed by atoms with Crippen molar-refractivity contribution in [2.24, 2.45) is 0 Å². The number of aromatic nitrogens is 2. The van der Waals surface area contributed by atoms with Gasteiger partial charge in [0.25, 0.3) is 0 Å². The SMILES string of the molecule is CC1(C)CN(Cc2cc(F)c(SNc3ncns3)cc2Cl)c2c(Cl)cc(Cl)cc21. The minimum atomic E-state index is -0.354. The molecule has 0 unspecified atom stereocenters. The van der Waals surface area contributed by atoms with Crippen LogP contribution in [0.5, 0.6) is 0 Å². The smallest absolute Gasteiger partial charge is 0.212 e. The molecule has 0 saturated heterocycles. The molecule has 10 heteroatoms. The maximum absolute atomic E-state index is 14.7. The van der Waals surface area contributed by atoms with Crippen molar-refractivity contribution in [3.63, 3.8) is 0 Å². The monoisotopic (exact) mass is 488 g/mol. The molecular formula is C19H16Cl3FN4S2. The van der Waals surface area contributed by atoms with Crippen molar-refractivity contribution in [1.82, 2.24) is 9.36 Å². The lowest BCUT2D eigenvalue weighted by atomic mass is 9.87. The van der Waals surface area contributed by atoms with E-state index < -0.39 is 0 Å². The molecule has 4 rings (SSSR count). The van der Waals surface area contributed by atoms with Gasteiger partial charge in [-0.1, -0.05) is 48.7 Å². The van der Waals surface area contributed by atoms with E-state index in [1.165, 1.54) is 23.9 Å². The fourth-order valence-electron chi connectivity index (χ4n) is 3.47. The summed E-state index contributed by atoms with van der Waals surface area (Å²) < 4.78 is 21.6. The molecule has 1 N–H and O–H groups in total. The van der Waals surface area contributed by atoms with Gasteiger partial charge in [-0.25, -0.2) is 9.37 Å². The van der Waals surface area contributed by atoms with Gasteiger partial charge in [0, 0.05) is 40.1 Å². The number of nitrogens with one attached hydrogen (secondary N) is 1. The fourth-order valence-corrected chi connectivity index (χ4v) is 5.52. The molecule has 152 valence electrons. The molecule has 4 nitrogen and oxygen atoms in total. The average molecular weight is 490 g/mol. The van der Waals surface area contributed by atoms with Crippen molar-refractivity contribution < 1.29 is 4.39 Å². The normalized spacial score (nSPS) is 14.9. The molecule has 0 aliphatic carbocycles. The van der Waals surface area contributed by atoms with E-state index in [2.05, 4.69) is 32.8 Å². The van der Waals surface area contributed by atoms with Gasteiger partial charge in [0.1, 0.15) is 12.1 Å². The maximum Gasteiger partial charge on any atom is 0.212 e. The highest BCUT2D eigenvalue weighted by Crippen LogP contribution is 2.47. The summed E-state index contributed by atoms with van der Waals surface area (Å²) in [5.74, 6) is -0.354. The van der Waals surface area contributed by atoms with Gasteiger partial charge in [-0.05, 0) is 47.3 Å². The molecule has 1 aliphatic heterocycles. The molecule has 0 spiro atoms. The predicted octanol–water partition coefficient (Wildman–Crippen LogP) is 7.05. The van der Waals surface area contributed by atoms with Gasteiger partial charge in [-0.15, -0.1) is 0 Å². The van der Waals surface area contributed by atoms with Crippen LogP contribution in [0.15, 0.2) is 35.5 Å². The van der Waals surface area contributed by atoms with Crippen LogP contribution in [0.2, 0.25) is 15.1 Å². The highest BCUT2D eigenvalue weighted by molar-refractivity contribution is 8.00. The zero-order chi connectivity index (χ0) is 20.8. The topological polar surface area (TPSA) is 41.0 Å². The number of halogens is 4. The molecule has 0 bridgehead atoms. The Bertz CT molecular complexity index is 1060. The van der Waals surface area contributed by atoms with Crippen LogP contribution in [0.4, 0.5) is 15.2 Å². The van der Waals surface area contributed by atoms with Crippen LogP contribution in [-0.2, 0) is 12.0 Å². The van der Waals surface area contributed by atoms with E-state index in [-0.39, 0.29) is 11.2 Å². The molecule has 1 aromatic heterocycles. The van der Waals surface area contributed by atoms with Crippen molar-refractivity contribution in [3.8, 4) is 0 Å². The van der Waals surface area contributed by atoms with E-state index in [9.17, 15) is 4.39 Å². The van der Waals surface area contributed by atoms with Crippen molar-refractivity contribution in [1.29, 1.82) is 0 Å². The minimum absolute atomic E-state index is 0.129. The van der Waals surface area contributed by atoms with E-state index in [0.717, 1.165) is 29.7 Å². The number of hydrogen-bond acceptors (Lipinski definition) is 6. The summed E-state index contributed by atoms with van der Waals surface area (Å²) >= 11 is 21.5. The van der Waals surface area contributed by atoms with Gasteiger partial charge < -0.3 is 9.62 Å². The molecule has 0 radical (unpaired) electrons. The fraction of sp³-hybridized carbons (Fsp3) is 0.263. The number of hydrogen-bond donors (Lipinski definition) is 1. The van der Waals surface area contributed by atoms with E-state index in [1.807, 2.05) is 6.07 Å². The zero-order valence-electron chi connectivity index (χ0n) is 15.5. The molecule has 3 aromatic rings. The van der Waals surface area contributed by atoms with Crippen LogP contribution in [0.1, 0.15) is 25.0 Å². The standard InChI is InChI=1S/C19H16Cl3FN4S2/c1-19(2)8-27(17-12(19)4-11(20)5-14(17)22)7-10-3-15(23)16(6-13(10)21)28-26-18-24-9-25-29-18/h3-6,9H,7-8H2,1-2H3,(H,24,25,26). The first kappa shape index (κ1) is 21.0. The summed E-state index contributed by atoms with van der Waals surface area (Å²) in [6.07, 6.45) is 1.44. The summed E-state index contributed by atoms with van der Waals surface area (Å²) in [5, 5.41) is 2.28. The lowest BCUT2D eigenvalue weighted by Crippen LogP contribution is -2.28. The van der Waals surface area contributed by atoms with Crippen molar-refractivity contribution in [2.45, 2.75) is 30.7 Å². The molecule has 1 aliphatic rings. The largest absolute Gasteiger partial charge is 0.365 e. The Morgan fingerprint density at radius 1 is 1.21 bits per heavy atom. The van der Waals surface area contributed by atoms with Crippen molar-refractivity contribution in [3.05, 3.63) is 62.6 Å². The third-order valence-corrected chi connectivity index (χ3v) is 7.13. The van der Waals surface area contributed by atoms with E-state index in [0.29, 0.717) is 37.2 Å². The maximum atomic E-state index is 14.7. The Hall–Kier alpha value is -1.25. The number of anilines is 2. The number of nitrogens with zero attached hydrogens (tertiary/aromatic N) is 3. The van der Waals surface area contributed by atoms with Crippen molar-refractivity contribution in [2.75, 3.05) is 16.2 Å². The lowest BCUT2D eigenvalue weighted by Gasteiger charge is -2.23. The van der Waals surface area contributed by atoms with Crippen molar-refractivity contribution >= 4 is 69.1 Å². The molecule has 0 fully saturated rings. The quantitative estimate of drug-likeness (QED) is 0.389. The molecule has 0 atom stereocenters. The molecule has 0 saturated carbocycles. The highest BCUT2D eigenvalue weighted by atomic mass is 35.5. The summed E-state index contributed by atoms with van der Waals surface area (Å²) in [7, 11) is 0. The molecule has 2 aromatic carbocycles. The number of rotatable bonds is 5. The Balaban J connectivity index is 1.58. The van der Waals surface area contributed by atoms with Crippen LogP contribution < -0.4 is 9.62 Å². The van der Waals surface area contributed by atoms with Gasteiger partial charge in [0.2, 0.25) is 5.13 Å². The molecule has 2 heterocycles. The van der Waals surface area contributed by atoms with Gasteiger partial charge in [0.15, 0.2) is 0 Å². The van der Waals surface area contributed by atoms with Crippen LogP contribution in [0.25, 0.3) is 0 Å². The predicted molar refractivity (Wildman–Crippen MR) is 121 cm³/mol. The Kier molecular flexibility index (Phi) is 5.88. The second kappa shape index (κ2) is 8.12. The second-order valence-electron chi connectivity index (χ2n) is 7.35. The van der Waals surface area contributed by atoms with Gasteiger partial charge in [-0.2, -0.15) is 4.37 Å². The van der Waals surface area contributed by atoms with Crippen LogP contribution >= 0.6 is 58.3 Å². The minimum Gasteiger partial charge on any atom is -0.365 e.